The summed E-state index contributed by atoms with van der Waals surface area (Å²) in [6.45, 7) is 3.51. The molecular formula is C16H24N2. The van der Waals surface area contributed by atoms with Crippen LogP contribution >= 0.6 is 0 Å². The maximum absolute atomic E-state index is 4.75. The van der Waals surface area contributed by atoms with E-state index in [1.807, 2.05) is 0 Å². The highest BCUT2D eigenvalue weighted by Crippen LogP contribution is 2.29. The first kappa shape index (κ1) is 12.0. The molecule has 98 valence electrons. The number of rotatable bonds is 3. The highest BCUT2D eigenvalue weighted by Gasteiger charge is 2.21. The van der Waals surface area contributed by atoms with Gasteiger partial charge in [-0.15, -0.1) is 0 Å². The number of hydrogen-bond acceptors (Lipinski definition) is 2. The molecule has 18 heavy (non-hydrogen) atoms. The predicted molar refractivity (Wildman–Crippen MR) is 75.9 cm³/mol. The summed E-state index contributed by atoms with van der Waals surface area (Å²) in [6.07, 6.45) is 9.31. The van der Waals surface area contributed by atoms with Crippen LogP contribution in [0.5, 0.6) is 0 Å². The molecule has 0 amide bonds. The van der Waals surface area contributed by atoms with E-state index in [-0.39, 0.29) is 0 Å². The van der Waals surface area contributed by atoms with Crippen molar-refractivity contribution in [2.75, 3.05) is 11.9 Å². The molecule has 2 aliphatic carbocycles. The summed E-state index contributed by atoms with van der Waals surface area (Å²) < 4.78 is 0. The van der Waals surface area contributed by atoms with Crippen molar-refractivity contribution < 1.29 is 0 Å². The molecule has 2 aliphatic rings. The zero-order valence-corrected chi connectivity index (χ0v) is 11.4. The van der Waals surface area contributed by atoms with Gasteiger partial charge >= 0.3 is 0 Å². The molecule has 2 atom stereocenters. The molecule has 0 saturated heterocycles. The Balaban J connectivity index is 1.59. The zero-order valence-electron chi connectivity index (χ0n) is 11.4. The normalized spacial score (nSPS) is 26.9. The highest BCUT2D eigenvalue weighted by molar-refractivity contribution is 5.40. The molecule has 2 unspecified atom stereocenters. The minimum atomic E-state index is 0.841. The van der Waals surface area contributed by atoms with Crippen molar-refractivity contribution in [2.45, 2.75) is 51.9 Å². The van der Waals surface area contributed by atoms with Gasteiger partial charge in [-0.2, -0.15) is 0 Å². The Kier molecular flexibility index (Phi) is 3.53. The Morgan fingerprint density at radius 3 is 2.94 bits per heavy atom. The Labute approximate surface area is 110 Å². The molecule has 2 heteroatoms. The van der Waals surface area contributed by atoms with Gasteiger partial charge in [-0.3, -0.25) is 0 Å². The van der Waals surface area contributed by atoms with Crippen molar-refractivity contribution in [1.29, 1.82) is 0 Å². The summed E-state index contributed by atoms with van der Waals surface area (Å²) in [5.74, 6) is 2.81. The van der Waals surface area contributed by atoms with Crippen molar-refractivity contribution >= 4 is 5.82 Å². The third-order valence-corrected chi connectivity index (χ3v) is 4.76. The molecule has 1 saturated carbocycles. The van der Waals surface area contributed by atoms with Gasteiger partial charge in [0.25, 0.3) is 0 Å². The van der Waals surface area contributed by atoms with Gasteiger partial charge in [0, 0.05) is 12.2 Å². The van der Waals surface area contributed by atoms with Gasteiger partial charge in [-0.05, 0) is 49.1 Å². The maximum Gasteiger partial charge on any atom is 0.126 e. The first-order valence-corrected chi connectivity index (χ1v) is 7.55. The van der Waals surface area contributed by atoms with Gasteiger partial charge in [-0.25, -0.2) is 4.98 Å². The van der Waals surface area contributed by atoms with E-state index in [2.05, 4.69) is 24.4 Å². The van der Waals surface area contributed by atoms with E-state index in [4.69, 9.17) is 4.98 Å². The van der Waals surface area contributed by atoms with Crippen LogP contribution in [0.3, 0.4) is 0 Å². The fourth-order valence-electron chi connectivity index (χ4n) is 3.45. The van der Waals surface area contributed by atoms with Crippen LogP contribution < -0.4 is 5.32 Å². The minimum absolute atomic E-state index is 0.841. The van der Waals surface area contributed by atoms with Crippen LogP contribution in [0.4, 0.5) is 5.82 Å². The van der Waals surface area contributed by atoms with Crippen LogP contribution in [-0.4, -0.2) is 11.5 Å². The van der Waals surface area contributed by atoms with Gasteiger partial charge in [0.1, 0.15) is 5.82 Å². The summed E-state index contributed by atoms with van der Waals surface area (Å²) in [4.78, 5) is 4.75. The molecule has 0 aromatic carbocycles. The zero-order chi connectivity index (χ0) is 12.4. The number of anilines is 1. The summed E-state index contributed by atoms with van der Waals surface area (Å²) in [6, 6.07) is 4.43. The summed E-state index contributed by atoms with van der Waals surface area (Å²) in [5, 5.41) is 3.56. The number of aryl methyl sites for hydroxylation is 2. The molecule has 1 fully saturated rings. The number of fused-ring (bicyclic) bond motifs is 1. The maximum atomic E-state index is 4.75. The lowest BCUT2D eigenvalue weighted by molar-refractivity contribution is 0.268. The minimum Gasteiger partial charge on any atom is -0.370 e. The monoisotopic (exact) mass is 244 g/mol. The van der Waals surface area contributed by atoms with E-state index in [0.29, 0.717) is 0 Å². The molecule has 0 aliphatic heterocycles. The molecule has 0 bridgehead atoms. The van der Waals surface area contributed by atoms with Gasteiger partial charge in [0.2, 0.25) is 0 Å². The van der Waals surface area contributed by atoms with Crippen molar-refractivity contribution in [3.05, 3.63) is 23.4 Å². The summed E-state index contributed by atoms with van der Waals surface area (Å²) >= 11 is 0. The van der Waals surface area contributed by atoms with Crippen molar-refractivity contribution in [1.82, 2.24) is 4.98 Å². The lowest BCUT2D eigenvalue weighted by Crippen LogP contribution is -2.24. The second-order valence-corrected chi connectivity index (χ2v) is 6.06. The first-order valence-electron chi connectivity index (χ1n) is 7.55. The van der Waals surface area contributed by atoms with Crippen LogP contribution in [0, 0.1) is 11.8 Å². The number of nitrogens with one attached hydrogen (secondary N) is 1. The van der Waals surface area contributed by atoms with E-state index in [1.54, 1.807) is 0 Å². The number of pyridine rings is 1. The van der Waals surface area contributed by atoms with Crippen LogP contribution in [-0.2, 0) is 12.8 Å². The molecule has 1 aromatic rings. The molecule has 1 N–H and O–H groups in total. The average Bonchev–Trinajstić information content (AvgIpc) is 2.85. The molecule has 1 aromatic heterocycles. The van der Waals surface area contributed by atoms with E-state index in [1.165, 1.54) is 56.2 Å². The third-order valence-electron chi connectivity index (χ3n) is 4.76. The average molecular weight is 244 g/mol. The highest BCUT2D eigenvalue weighted by atomic mass is 15.0. The van der Waals surface area contributed by atoms with E-state index >= 15 is 0 Å². The number of nitrogens with zero attached hydrogens (tertiary/aromatic N) is 1. The number of hydrogen-bond donors (Lipinski definition) is 1. The van der Waals surface area contributed by atoms with Gasteiger partial charge in [0.05, 0.1) is 0 Å². The van der Waals surface area contributed by atoms with Crippen molar-refractivity contribution in [3.8, 4) is 0 Å². The quantitative estimate of drug-likeness (QED) is 0.874. The Hall–Kier alpha value is -1.05. The van der Waals surface area contributed by atoms with Crippen LogP contribution in [0.15, 0.2) is 12.1 Å². The van der Waals surface area contributed by atoms with E-state index in [0.717, 1.165) is 24.2 Å². The topological polar surface area (TPSA) is 24.9 Å². The third kappa shape index (κ3) is 2.52. The van der Waals surface area contributed by atoms with Crippen molar-refractivity contribution in [3.63, 3.8) is 0 Å². The van der Waals surface area contributed by atoms with Crippen molar-refractivity contribution in [2.24, 2.45) is 11.8 Å². The fraction of sp³-hybridized carbons (Fsp3) is 0.688. The summed E-state index contributed by atoms with van der Waals surface area (Å²) in [7, 11) is 0. The molecule has 0 radical (unpaired) electrons. The standard InChI is InChI=1S/C16H24N2/c1-12-5-2-3-6-14(12)11-17-16-10-9-13-7-4-8-15(13)18-16/h9-10,12,14H,2-8,11H2,1H3,(H,17,18). The van der Waals surface area contributed by atoms with Gasteiger partial charge in [0.15, 0.2) is 0 Å². The van der Waals surface area contributed by atoms with Crippen LogP contribution in [0.1, 0.15) is 50.3 Å². The summed E-state index contributed by atoms with van der Waals surface area (Å²) in [5.41, 5.74) is 2.79. The second-order valence-electron chi connectivity index (χ2n) is 6.06. The van der Waals surface area contributed by atoms with Gasteiger partial charge < -0.3 is 5.32 Å². The second kappa shape index (κ2) is 5.29. The predicted octanol–water partition coefficient (Wildman–Crippen LogP) is 3.81. The lowest BCUT2D eigenvalue weighted by atomic mass is 9.80. The largest absolute Gasteiger partial charge is 0.370 e. The Bertz CT molecular complexity index is 414. The molecule has 2 nitrogen and oxygen atoms in total. The Morgan fingerprint density at radius 1 is 1.17 bits per heavy atom. The smallest absolute Gasteiger partial charge is 0.126 e. The number of aromatic nitrogens is 1. The van der Waals surface area contributed by atoms with Crippen LogP contribution in [0.2, 0.25) is 0 Å². The molecule has 0 spiro atoms. The van der Waals surface area contributed by atoms with Crippen LogP contribution in [0.25, 0.3) is 0 Å². The van der Waals surface area contributed by atoms with E-state index in [9.17, 15) is 0 Å². The lowest BCUT2D eigenvalue weighted by Gasteiger charge is -2.29. The Morgan fingerprint density at radius 2 is 2.06 bits per heavy atom. The first-order chi connectivity index (χ1) is 8.83. The molecule has 1 heterocycles. The molecule has 3 rings (SSSR count). The fourth-order valence-corrected chi connectivity index (χ4v) is 3.45. The van der Waals surface area contributed by atoms with Gasteiger partial charge in [-0.1, -0.05) is 32.3 Å². The van der Waals surface area contributed by atoms with E-state index < -0.39 is 0 Å². The SMILES string of the molecule is CC1CCCCC1CNc1ccc2c(n1)CCC2. The molecular weight excluding hydrogens is 220 g/mol.